The molecule has 0 amide bonds. The summed E-state index contributed by atoms with van der Waals surface area (Å²) in [7, 11) is 0. The number of carbonyl (C=O) groups is 1. The maximum atomic E-state index is 12.7. The van der Waals surface area contributed by atoms with Crippen molar-refractivity contribution in [2.45, 2.75) is 110 Å². The van der Waals surface area contributed by atoms with Gasteiger partial charge in [-0.2, -0.15) is 5.26 Å². The van der Waals surface area contributed by atoms with Gasteiger partial charge in [-0.05, 0) is 56.6 Å². The molecule has 1 aliphatic carbocycles. The molecule has 1 aliphatic rings. The molecule has 1 aromatic heterocycles. The summed E-state index contributed by atoms with van der Waals surface area (Å²) in [5, 5.41) is 18.2. The summed E-state index contributed by atoms with van der Waals surface area (Å²) in [6, 6.07) is 14.6. The fourth-order valence-corrected chi connectivity index (χ4v) is 5.20. The van der Waals surface area contributed by atoms with Gasteiger partial charge in [-0.3, -0.25) is 4.79 Å². The smallest absolute Gasteiger partial charge is 0.315 e. The largest absolute Gasteiger partial charge is 0.406 e. The molecule has 36 heavy (non-hydrogen) atoms. The van der Waals surface area contributed by atoms with Gasteiger partial charge >= 0.3 is 5.97 Å². The van der Waals surface area contributed by atoms with E-state index in [0.29, 0.717) is 12.8 Å². The van der Waals surface area contributed by atoms with E-state index >= 15 is 0 Å². The van der Waals surface area contributed by atoms with E-state index in [-0.39, 0.29) is 23.2 Å². The third-order valence-corrected chi connectivity index (χ3v) is 7.69. The van der Waals surface area contributed by atoms with Gasteiger partial charge in [0.25, 0.3) is 0 Å². The summed E-state index contributed by atoms with van der Waals surface area (Å²) in [6.07, 6.45) is 16.1. The van der Waals surface area contributed by atoms with E-state index in [1.807, 2.05) is 6.07 Å². The molecule has 1 aromatic carbocycles. The van der Waals surface area contributed by atoms with Crippen LogP contribution in [-0.2, 0) is 11.2 Å². The summed E-state index contributed by atoms with van der Waals surface area (Å²) >= 11 is 0. The zero-order valence-electron chi connectivity index (χ0n) is 22.3. The molecule has 0 saturated heterocycles. The lowest BCUT2D eigenvalue weighted by Gasteiger charge is -2.34. The summed E-state index contributed by atoms with van der Waals surface area (Å²) in [5.41, 5.74) is 2.85. The SMILES string of the molecule is CCCCCCCC1(C#N)CCC(C(=O)Oc2ccc(-c3ccc(CCCCCC)cc3)nn2)CC1. The van der Waals surface area contributed by atoms with Crippen molar-refractivity contribution in [3.05, 3.63) is 42.0 Å². The maximum Gasteiger partial charge on any atom is 0.315 e. The van der Waals surface area contributed by atoms with Gasteiger partial charge in [0.1, 0.15) is 0 Å². The molecule has 0 spiro atoms. The van der Waals surface area contributed by atoms with Crippen LogP contribution in [0.2, 0.25) is 0 Å². The van der Waals surface area contributed by atoms with Crippen LogP contribution in [-0.4, -0.2) is 16.2 Å². The Morgan fingerprint density at radius 3 is 2.19 bits per heavy atom. The Morgan fingerprint density at radius 1 is 0.917 bits per heavy atom. The van der Waals surface area contributed by atoms with Crippen LogP contribution in [0.5, 0.6) is 5.88 Å². The molecule has 2 aromatic rings. The van der Waals surface area contributed by atoms with Crippen molar-refractivity contribution in [3.8, 4) is 23.2 Å². The summed E-state index contributed by atoms with van der Waals surface area (Å²) < 4.78 is 5.56. The highest BCUT2D eigenvalue weighted by atomic mass is 16.5. The molecule has 5 nitrogen and oxygen atoms in total. The molecule has 0 N–H and O–H groups in total. The third-order valence-electron chi connectivity index (χ3n) is 7.69. The van der Waals surface area contributed by atoms with Crippen LogP contribution in [0, 0.1) is 22.7 Å². The number of ether oxygens (including phenoxy) is 1. The minimum atomic E-state index is -0.268. The number of nitriles is 1. The van der Waals surface area contributed by atoms with E-state index in [1.54, 1.807) is 6.07 Å². The lowest BCUT2D eigenvalue weighted by atomic mass is 9.69. The maximum absolute atomic E-state index is 12.7. The van der Waals surface area contributed by atoms with E-state index in [0.717, 1.165) is 43.4 Å². The van der Waals surface area contributed by atoms with Gasteiger partial charge in [0.15, 0.2) is 0 Å². The van der Waals surface area contributed by atoms with Crippen LogP contribution in [0.4, 0.5) is 0 Å². The van der Waals surface area contributed by atoms with Crippen LogP contribution in [0.1, 0.15) is 109 Å². The van der Waals surface area contributed by atoms with Crippen molar-refractivity contribution >= 4 is 5.97 Å². The molecule has 0 unspecified atom stereocenters. The number of nitrogens with zero attached hydrogens (tertiary/aromatic N) is 3. The minimum Gasteiger partial charge on any atom is -0.406 e. The van der Waals surface area contributed by atoms with Crippen molar-refractivity contribution in [2.75, 3.05) is 0 Å². The van der Waals surface area contributed by atoms with E-state index < -0.39 is 0 Å². The normalized spacial score (nSPS) is 19.5. The van der Waals surface area contributed by atoms with Gasteiger partial charge in [0.05, 0.1) is 23.1 Å². The fraction of sp³-hybridized carbons (Fsp3) is 0.613. The molecule has 0 aliphatic heterocycles. The van der Waals surface area contributed by atoms with Crippen LogP contribution in [0.15, 0.2) is 36.4 Å². The number of benzene rings is 1. The molecule has 5 heteroatoms. The lowest BCUT2D eigenvalue weighted by molar-refractivity contribution is -0.140. The van der Waals surface area contributed by atoms with Crippen molar-refractivity contribution in [2.24, 2.45) is 11.3 Å². The highest BCUT2D eigenvalue weighted by Gasteiger charge is 2.38. The molecule has 1 fully saturated rings. The topological polar surface area (TPSA) is 75.9 Å². The quantitative estimate of drug-likeness (QED) is 0.197. The molecular weight excluding hydrogens is 446 g/mol. The van der Waals surface area contributed by atoms with Crippen molar-refractivity contribution in [3.63, 3.8) is 0 Å². The Balaban J connectivity index is 1.45. The second-order valence-corrected chi connectivity index (χ2v) is 10.5. The number of hydrogen-bond donors (Lipinski definition) is 0. The highest BCUT2D eigenvalue weighted by molar-refractivity contribution is 5.75. The Hall–Kier alpha value is -2.74. The summed E-state index contributed by atoms with van der Waals surface area (Å²) in [6.45, 7) is 4.44. The van der Waals surface area contributed by atoms with E-state index in [1.165, 1.54) is 56.9 Å². The fourth-order valence-electron chi connectivity index (χ4n) is 5.20. The molecule has 0 bridgehead atoms. The zero-order valence-corrected chi connectivity index (χ0v) is 22.3. The standard InChI is InChI=1S/C31H43N3O2/c1-3-5-7-9-11-21-31(24-32)22-19-27(20-23-31)30(35)36-29-18-17-28(33-34-29)26-15-13-25(14-16-26)12-10-8-6-4-2/h13-18,27H,3-12,19-23H2,1-2H3. The van der Waals surface area contributed by atoms with Gasteiger partial charge in [-0.1, -0.05) is 89.5 Å². The van der Waals surface area contributed by atoms with Gasteiger partial charge < -0.3 is 4.74 Å². The van der Waals surface area contributed by atoms with E-state index in [4.69, 9.17) is 4.74 Å². The van der Waals surface area contributed by atoms with E-state index in [2.05, 4.69) is 54.4 Å². The first kappa shape index (κ1) is 27.8. The van der Waals surface area contributed by atoms with Crippen molar-refractivity contribution in [1.82, 2.24) is 10.2 Å². The van der Waals surface area contributed by atoms with Crippen LogP contribution >= 0.6 is 0 Å². The second kappa shape index (κ2) is 14.7. The predicted octanol–water partition coefficient (Wildman–Crippen LogP) is 8.23. The van der Waals surface area contributed by atoms with Gasteiger partial charge in [-0.15, -0.1) is 10.2 Å². The Morgan fingerprint density at radius 2 is 1.58 bits per heavy atom. The number of unbranched alkanes of at least 4 members (excludes halogenated alkanes) is 7. The average Bonchev–Trinajstić information content (AvgIpc) is 2.92. The Bertz CT molecular complexity index is 955. The molecule has 1 saturated carbocycles. The molecule has 0 radical (unpaired) electrons. The second-order valence-electron chi connectivity index (χ2n) is 10.5. The number of aromatic nitrogens is 2. The monoisotopic (exact) mass is 489 g/mol. The zero-order chi connectivity index (χ0) is 25.6. The van der Waals surface area contributed by atoms with Crippen LogP contribution in [0.3, 0.4) is 0 Å². The average molecular weight is 490 g/mol. The number of rotatable bonds is 14. The lowest BCUT2D eigenvalue weighted by Crippen LogP contribution is -2.31. The van der Waals surface area contributed by atoms with Crippen LogP contribution < -0.4 is 4.74 Å². The summed E-state index contributed by atoms with van der Waals surface area (Å²) in [4.78, 5) is 12.7. The number of esters is 1. The molecule has 0 atom stereocenters. The number of hydrogen-bond acceptors (Lipinski definition) is 5. The van der Waals surface area contributed by atoms with Gasteiger partial charge in [-0.25, -0.2) is 0 Å². The Labute approximate surface area is 217 Å². The first-order valence-electron chi connectivity index (χ1n) is 14.1. The third kappa shape index (κ3) is 8.43. The van der Waals surface area contributed by atoms with Gasteiger partial charge in [0, 0.05) is 11.6 Å². The Kier molecular flexibility index (Phi) is 11.4. The van der Waals surface area contributed by atoms with Crippen LogP contribution in [0.25, 0.3) is 11.3 Å². The first-order chi connectivity index (χ1) is 17.6. The molecule has 3 rings (SSSR count). The molecule has 1 heterocycles. The van der Waals surface area contributed by atoms with E-state index in [9.17, 15) is 10.1 Å². The van der Waals surface area contributed by atoms with Gasteiger partial charge in [0.2, 0.25) is 5.88 Å². The first-order valence-corrected chi connectivity index (χ1v) is 14.1. The highest BCUT2D eigenvalue weighted by Crippen LogP contribution is 2.42. The molecular formula is C31H43N3O2. The summed E-state index contributed by atoms with van der Waals surface area (Å²) in [5.74, 6) is -0.179. The number of carbonyl (C=O) groups excluding carboxylic acids is 1. The van der Waals surface area contributed by atoms with Crippen molar-refractivity contribution in [1.29, 1.82) is 5.26 Å². The molecule has 194 valence electrons. The predicted molar refractivity (Wildman–Crippen MR) is 144 cm³/mol. The minimum absolute atomic E-state index is 0.169. The van der Waals surface area contributed by atoms with Crippen molar-refractivity contribution < 1.29 is 9.53 Å². The number of aryl methyl sites for hydroxylation is 1.